The number of halogens is 1. The molecular weight excluding hydrogens is 537 g/mol. The molecule has 2 aromatic heterocycles. The highest BCUT2D eigenvalue weighted by Crippen LogP contribution is 2.25. The predicted molar refractivity (Wildman–Crippen MR) is 132 cm³/mol. The molecule has 0 atom stereocenters. The summed E-state index contributed by atoms with van der Waals surface area (Å²) in [7, 11) is -3.39. The topological polar surface area (TPSA) is 99.8 Å². The zero-order valence-electron chi connectivity index (χ0n) is 18.2. The molecule has 2 aromatic rings. The lowest BCUT2D eigenvalue weighted by Crippen LogP contribution is -2.38. The van der Waals surface area contributed by atoms with E-state index >= 15 is 0 Å². The van der Waals surface area contributed by atoms with E-state index in [1.807, 2.05) is 40.7 Å². The minimum Gasteiger partial charge on any atom is -0.444 e. The number of aryl methyl sites for hydroxylation is 2. The van der Waals surface area contributed by atoms with Crippen molar-refractivity contribution in [3.63, 3.8) is 0 Å². The van der Waals surface area contributed by atoms with Crippen molar-refractivity contribution >= 4 is 51.3 Å². The Morgan fingerprint density at radius 2 is 1.90 bits per heavy atom. The lowest BCUT2D eigenvalue weighted by Gasteiger charge is -2.16. The molecule has 0 bridgehead atoms. The lowest BCUT2D eigenvalue weighted by atomic mass is 10.3. The predicted octanol–water partition coefficient (Wildman–Crippen LogP) is 3.30. The highest BCUT2D eigenvalue weighted by molar-refractivity contribution is 14.0. The first-order valence-electron chi connectivity index (χ1n) is 9.85. The van der Waals surface area contributed by atoms with E-state index in [9.17, 15) is 8.42 Å². The maximum atomic E-state index is 12.6. The number of nitrogens with zero attached hydrogens (tertiary/aromatic N) is 3. The fourth-order valence-corrected chi connectivity index (χ4v) is 5.69. The summed E-state index contributed by atoms with van der Waals surface area (Å²) in [5, 5.41) is 6.46. The maximum absolute atomic E-state index is 12.6. The smallest absolute Gasteiger partial charge is 0.252 e. The van der Waals surface area contributed by atoms with Crippen LogP contribution in [0.1, 0.15) is 43.0 Å². The van der Waals surface area contributed by atoms with Crippen LogP contribution in [0.2, 0.25) is 0 Å². The van der Waals surface area contributed by atoms with Crippen LogP contribution in [0.5, 0.6) is 0 Å². The van der Waals surface area contributed by atoms with Crippen LogP contribution in [-0.2, 0) is 23.0 Å². The normalized spacial score (nSPS) is 12.1. The standard InChI is InChI=1S/C19H31N5O3S2.HI/c1-6-20-19(22-13-17-23-14(4)15(5)27-17)21-12-11-16-9-10-18(28-16)29(25,26)24(7-2)8-3;/h9-10H,6-8,11-13H2,1-5H3,(H2,20,21,22);1H. The molecule has 0 spiro atoms. The lowest BCUT2D eigenvalue weighted by molar-refractivity contribution is 0.447. The number of sulfonamides is 1. The van der Waals surface area contributed by atoms with Crippen molar-refractivity contribution in [2.75, 3.05) is 26.2 Å². The molecule has 2 heterocycles. The van der Waals surface area contributed by atoms with Gasteiger partial charge in [0.2, 0.25) is 5.89 Å². The molecule has 170 valence electrons. The van der Waals surface area contributed by atoms with Crippen molar-refractivity contribution in [1.82, 2.24) is 19.9 Å². The number of hydrogen-bond acceptors (Lipinski definition) is 6. The van der Waals surface area contributed by atoms with Gasteiger partial charge < -0.3 is 15.1 Å². The molecule has 0 aliphatic rings. The van der Waals surface area contributed by atoms with Gasteiger partial charge in [0.05, 0.1) is 5.69 Å². The van der Waals surface area contributed by atoms with Crippen LogP contribution in [0.4, 0.5) is 0 Å². The molecule has 0 unspecified atom stereocenters. The number of aromatic nitrogens is 1. The van der Waals surface area contributed by atoms with Crippen molar-refractivity contribution < 1.29 is 12.8 Å². The van der Waals surface area contributed by atoms with Crippen LogP contribution in [0.3, 0.4) is 0 Å². The third kappa shape index (κ3) is 7.20. The molecule has 2 rings (SSSR count). The SMILES string of the molecule is CCNC(=NCc1nc(C)c(C)o1)NCCc1ccc(S(=O)(=O)N(CC)CC)s1.I. The number of nitrogens with one attached hydrogen (secondary N) is 2. The van der Waals surface area contributed by atoms with Crippen LogP contribution < -0.4 is 10.6 Å². The second-order valence-corrected chi connectivity index (χ2v) is 9.76. The highest BCUT2D eigenvalue weighted by atomic mass is 127. The Hall–Kier alpha value is -1.18. The zero-order valence-corrected chi connectivity index (χ0v) is 22.2. The van der Waals surface area contributed by atoms with E-state index in [1.165, 1.54) is 15.6 Å². The molecule has 0 saturated carbocycles. The minimum atomic E-state index is -3.39. The van der Waals surface area contributed by atoms with Crippen LogP contribution in [-0.4, -0.2) is 49.8 Å². The molecule has 2 N–H and O–H groups in total. The molecular formula is C19H32IN5O3S2. The molecule has 0 aliphatic heterocycles. The zero-order chi connectivity index (χ0) is 21.4. The van der Waals surface area contributed by atoms with E-state index in [2.05, 4.69) is 20.6 Å². The molecule has 0 radical (unpaired) electrons. The second kappa shape index (κ2) is 12.6. The molecule has 0 aliphatic carbocycles. The molecule has 0 fully saturated rings. The van der Waals surface area contributed by atoms with Gasteiger partial charge in [0, 0.05) is 31.1 Å². The Bertz CT molecular complexity index is 901. The summed E-state index contributed by atoms with van der Waals surface area (Å²) in [5.74, 6) is 2.07. The summed E-state index contributed by atoms with van der Waals surface area (Å²) < 4.78 is 32.6. The first kappa shape index (κ1) is 26.9. The summed E-state index contributed by atoms with van der Waals surface area (Å²) in [6.45, 7) is 12.2. The third-order valence-corrected chi connectivity index (χ3v) is 8.05. The van der Waals surface area contributed by atoms with E-state index < -0.39 is 10.0 Å². The van der Waals surface area contributed by atoms with Crippen LogP contribution >= 0.6 is 35.3 Å². The van der Waals surface area contributed by atoms with Crippen molar-refractivity contribution in [3.05, 3.63) is 34.4 Å². The molecule has 11 heteroatoms. The number of aliphatic imine (C=N–C) groups is 1. The highest BCUT2D eigenvalue weighted by Gasteiger charge is 2.23. The van der Waals surface area contributed by atoms with Crippen molar-refractivity contribution in [2.45, 2.75) is 51.8 Å². The number of guanidine groups is 1. The Morgan fingerprint density at radius 3 is 2.47 bits per heavy atom. The maximum Gasteiger partial charge on any atom is 0.252 e. The van der Waals surface area contributed by atoms with Crippen molar-refractivity contribution in [2.24, 2.45) is 4.99 Å². The van der Waals surface area contributed by atoms with Gasteiger partial charge in [-0.25, -0.2) is 18.4 Å². The second-order valence-electron chi connectivity index (χ2n) is 6.43. The molecule has 0 saturated heterocycles. The van der Waals surface area contributed by atoms with Gasteiger partial charge >= 0.3 is 0 Å². The van der Waals surface area contributed by atoms with Crippen LogP contribution in [0.15, 0.2) is 25.8 Å². The van der Waals surface area contributed by atoms with Gasteiger partial charge in [0.15, 0.2) is 5.96 Å². The fourth-order valence-electron chi connectivity index (χ4n) is 2.72. The Morgan fingerprint density at radius 1 is 1.20 bits per heavy atom. The average Bonchev–Trinajstić information content (AvgIpc) is 3.28. The average molecular weight is 570 g/mol. The van der Waals surface area contributed by atoms with Crippen molar-refractivity contribution in [3.8, 4) is 0 Å². The summed E-state index contributed by atoms with van der Waals surface area (Å²) in [5.41, 5.74) is 0.876. The number of oxazole rings is 1. The van der Waals surface area contributed by atoms with Gasteiger partial charge in [-0.2, -0.15) is 4.31 Å². The summed E-state index contributed by atoms with van der Waals surface area (Å²) in [4.78, 5) is 9.85. The molecule has 30 heavy (non-hydrogen) atoms. The first-order chi connectivity index (χ1) is 13.8. The van der Waals surface area contributed by atoms with E-state index in [0.29, 0.717) is 48.7 Å². The Labute approximate surface area is 200 Å². The van der Waals surface area contributed by atoms with E-state index in [-0.39, 0.29) is 24.0 Å². The monoisotopic (exact) mass is 569 g/mol. The molecule has 0 amide bonds. The summed E-state index contributed by atoms with van der Waals surface area (Å²) in [6.07, 6.45) is 0.708. The fraction of sp³-hybridized carbons (Fsp3) is 0.579. The van der Waals surface area contributed by atoms with E-state index in [0.717, 1.165) is 22.9 Å². The number of thiophene rings is 1. The quantitative estimate of drug-likeness (QED) is 0.259. The van der Waals surface area contributed by atoms with E-state index in [4.69, 9.17) is 4.42 Å². The Balaban J connectivity index is 0.00000450. The largest absolute Gasteiger partial charge is 0.444 e. The van der Waals surface area contributed by atoms with Gasteiger partial charge in [-0.05, 0) is 39.3 Å². The van der Waals surface area contributed by atoms with Gasteiger partial charge in [0.1, 0.15) is 16.5 Å². The van der Waals surface area contributed by atoms with Crippen LogP contribution in [0, 0.1) is 13.8 Å². The Kier molecular flexibility index (Phi) is 11.3. The van der Waals surface area contributed by atoms with Crippen LogP contribution in [0.25, 0.3) is 0 Å². The molecule has 8 nitrogen and oxygen atoms in total. The minimum absolute atomic E-state index is 0. The summed E-state index contributed by atoms with van der Waals surface area (Å²) >= 11 is 1.32. The van der Waals surface area contributed by atoms with Gasteiger partial charge in [-0.3, -0.25) is 0 Å². The summed E-state index contributed by atoms with van der Waals surface area (Å²) in [6, 6.07) is 3.57. The van der Waals surface area contributed by atoms with E-state index in [1.54, 1.807) is 6.07 Å². The van der Waals surface area contributed by atoms with Crippen molar-refractivity contribution in [1.29, 1.82) is 0 Å². The van der Waals surface area contributed by atoms with Gasteiger partial charge in [-0.1, -0.05) is 13.8 Å². The molecule has 0 aromatic carbocycles. The van der Waals surface area contributed by atoms with Gasteiger partial charge in [0.25, 0.3) is 10.0 Å². The van der Waals surface area contributed by atoms with Gasteiger partial charge in [-0.15, -0.1) is 35.3 Å². The number of rotatable bonds is 10. The third-order valence-electron chi connectivity index (χ3n) is 4.39. The first-order valence-corrected chi connectivity index (χ1v) is 12.1. The number of hydrogen-bond donors (Lipinski definition) is 2.